The summed E-state index contributed by atoms with van der Waals surface area (Å²) in [4.78, 5) is 22.5. The van der Waals surface area contributed by atoms with E-state index < -0.39 is 0 Å². The first-order valence-corrected chi connectivity index (χ1v) is 6.96. The molecule has 0 bridgehead atoms. The highest BCUT2D eigenvalue weighted by Crippen LogP contribution is 2.12. The molecular weight excluding hydrogens is 274 g/mol. The largest absolute Gasteiger partial charge is 0.312 e. The quantitative estimate of drug-likeness (QED) is 0.695. The van der Waals surface area contributed by atoms with Gasteiger partial charge < -0.3 is 4.90 Å². The lowest BCUT2D eigenvalue weighted by atomic mass is 10.2. The Morgan fingerprint density at radius 1 is 1.00 bits per heavy atom. The van der Waals surface area contributed by atoms with Gasteiger partial charge in [-0.3, -0.25) is 9.78 Å². The Labute approximate surface area is 128 Å². The number of carbonyl (C=O) groups is 1. The predicted molar refractivity (Wildman–Crippen MR) is 88.4 cm³/mol. The summed E-state index contributed by atoms with van der Waals surface area (Å²) in [6.45, 7) is 0. The van der Waals surface area contributed by atoms with Gasteiger partial charge in [0.25, 0.3) is 5.91 Å². The minimum atomic E-state index is -0.110. The molecule has 0 aliphatic heterocycles. The van der Waals surface area contributed by atoms with E-state index in [9.17, 15) is 4.79 Å². The topological polar surface area (TPSA) is 46.1 Å². The van der Waals surface area contributed by atoms with Crippen molar-refractivity contribution < 1.29 is 4.79 Å². The molecule has 0 aliphatic rings. The van der Waals surface area contributed by atoms with Gasteiger partial charge in [-0.1, -0.05) is 30.3 Å². The smallest absolute Gasteiger partial charge is 0.250 e. The van der Waals surface area contributed by atoms with E-state index in [1.165, 1.54) is 6.08 Å². The molecule has 0 spiro atoms. The molecule has 0 unspecified atom stereocenters. The van der Waals surface area contributed by atoms with E-state index in [-0.39, 0.29) is 5.91 Å². The zero-order chi connectivity index (χ0) is 15.4. The van der Waals surface area contributed by atoms with Crippen LogP contribution in [0.2, 0.25) is 0 Å². The summed E-state index contributed by atoms with van der Waals surface area (Å²) in [6.07, 6.45) is 4.85. The molecule has 0 atom stereocenters. The lowest BCUT2D eigenvalue weighted by Crippen LogP contribution is -2.23. The second-order valence-corrected chi connectivity index (χ2v) is 4.85. The van der Waals surface area contributed by atoms with Crippen LogP contribution in [0.3, 0.4) is 0 Å². The fourth-order valence-corrected chi connectivity index (χ4v) is 2.10. The highest BCUT2D eigenvalue weighted by molar-refractivity contribution is 6.03. The first kappa shape index (κ1) is 13.9. The number of amides is 1. The number of nitrogens with zero attached hydrogens (tertiary/aromatic N) is 3. The minimum Gasteiger partial charge on any atom is -0.312 e. The van der Waals surface area contributed by atoms with Crippen molar-refractivity contribution in [3.05, 3.63) is 72.6 Å². The van der Waals surface area contributed by atoms with E-state index in [0.717, 1.165) is 16.7 Å². The highest BCUT2D eigenvalue weighted by Gasteiger charge is 2.06. The number of anilines is 1. The lowest BCUT2D eigenvalue weighted by Gasteiger charge is -2.14. The normalized spacial score (nSPS) is 11.0. The van der Waals surface area contributed by atoms with Gasteiger partial charge in [-0.15, -0.1) is 0 Å². The van der Waals surface area contributed by atoms with Crippen LogP contribution in [0.1, 0.15) is 5.69 Å². The van der Waals surface area contributed by atoms with Crippen LogP contribution in [-0.4, -0.2) is 22.9 Å². The number of rotatable bonds is 3. The lowest BCUT2D eigenvalue weighted by molar-refractivity contribution is -0.113. The maximum absolute atomic E-state index is 12.2. The fraction of sp³-hybridized carbons (Fsp3) is 0.0556. The van der Waals surface area contributed by atoms with Gasteiger partial charge in [-0.2, -0.15) is 0 Å². The third kappa shape index (κ3) is 3.01. The van der Waals surface area contributed by atoms with E-state index in [4.69, 9.17) is 0 Å². The summed E-state index contributed by atoms with van der Waals surface area (Å²) in [5.41, 5.74) is 3.16. The third-order valence-electron chi connectivity index (χ3n) is 3.34. The number of carbonyl (C=O) groups excluding carboxylic acids is 1. The van der Waals surface area contributed by atoms with Crippen LogP contribution in [0.25, 0.3) is 17.1 Å². The maximum atomic E-state index is 12.2. The Hall–Kier alpha value is -3.01. The Morgan fingerprint density at radius 3 is 2.45 bits per heavy atom. The van der Waals surface area contributed by atoms with Gasteiger partial charge in [-0.05, 0) is 30.3 Å². The Morgan fingerprint density at radius 2 is 1.68 bits per heavy atom. The van der Waals surface area contributed by atoms with Crippen molar-refractivity contribution in [1.29, 1.82) is 0 Å². The highest BCUT2D eigenvalue weighted by atomic mass is 16.2. The van der Waals surface area contributed by atoms with Crippen molar-refractivity contribution in [1.82, 2.24) is 9.97 Å². The molecule has 3 aromatic rings. The molecule has 1 aromatic heterocycles. The average Bonchev–Trinajstić information content (AvgIpc) is 2.59. The number of hydrogen-bond donors (Lipinski definition) is 0. The first-order chi connectivity index (χ1) is 10.7. The van der Waals surface area contributed by atoms with E-state index in [1.54, 1.807) is 24.2 Å². The van der Waals surface area contributed by atoms with E-state index >= 15 is 0 Å². The van der Waals surface area contributed by atoms with Crippen molar-refractivity contribution >= 4 is 28.7 Å². The summed E-state index contributed by atoms with van der Waals surface area (Å²) < 4.78 is 0. The van der Waals surface area contributed by atoms with Crippen molar-refractivity contribution in [2.24, 2.45) is 0 Å². The van der Waals surface area contributed by atoms with Crippen LogP contribution >= 0.6 is 0 Å². The Balaban J connectivity index is 1.78. The fourth-order valence-electron chi connectivity index (χ4n) is 2.10. The number of para-hydroxylation sites is 3. The number of benzene rings is 2. The minimum absolute atomic E-state index is 0.110. The molecule has 0 fully saturated rings. The molecule has 108 valence electrons. The zero-order valence-electron chi connectivity index (χ0n) is 12.2. The monoisotopic (exact) mass is 289 g/mol. The summed E-state index contributed by atoms with van der Waals surface area (Å²) in [5.74, 6) is -0.110. The molecular formula is C18H15N3O. The third-order valence-corrected chi connectivity index (χ3v) is 3.34. The maximum Gasteiger partial charge on any atom is 0.250 e. The van der Waals surface area contributed by atoms with Crippen LogP contribution in [-0.2, 0) is 4.79 Å². The number of aromatic nitrogens is 2. The zero-order valence-corrected chi connectivity index (χ0v) is 12.2. The van der Waals surface area contributed by atoms with Crippen molar-refractivity contribution in [2.75, 3.05) is 11.9 Å². The van der Waals surface area contributed by atoms with E-state index in [0.29, 0.717) is 5.69 Å². The van der Waals surface area contributed by atoms with Gasteiger partial charge >= 0.3 is 0 Å². The molecule has 0 aliphatic carbocycles. The predicted octanol–water partition coefficient (Wildman–Crippen LogP) is 3.31. The van der Waals surface area contributed by atoms with Crippen molar-refractivity contribution in [3.63, 3.8) is 0 Å². The Kier molecular flexibility index (Phi) is 3.92. The average molecular weight is 289 g/mol. The van der Waals surface area contributed by atoms with Gasteiger partial charge in [0.05, 0.1) is 22.9 Å². The molecule has 22 heavy (non-hydrogen) atoms. The molecule has 4 nitrogen and oxygen atoms in total. The molecule has 4 heteroatoms. The second kappa shape index (κ2) is 6.18. The molecule has 3 rings (SSSR count). The van der Waals surface area contributed by atoms with Gasteiger partial charge in [-0.25, -0.2) is 4.98 Å². The molecule has 0 saturated heterocycles. The van der Waals surface area contributed by atoms with Crippen LogP contribution in [0, 0.1) is 0 Å². The standard InChI is InChI=1S/C18H15N3O/c1-21(15-7-3-2-4-8-15)18(22)12-11-14-13-19-16-9-5-6-10-17(16)20-14/h2-13H,1H3/b12-11+. The molecule has 1 heterocycles. The van der Waals surface area contributed by atoms with Crippen LogP contribution in [0.5, 0.6) is 0 Å². The van der Waals surface area contributed by atoms with Gasteiger partial charge in [0.15, 0.2) is 0 Å². The number of likely N-dealkylation sites (N-methyl/N-ethyl adjacent to an activating group) is 1. The molecule has 2 aromatic carbocycles. The second-order valence-electron chi connectivity index (χ2n) is 4.85. The summed E-state index contributed by atoms with van der Waals surface area (Å²) in [7, 11) is 1.74. The van der Waals surface area contributed by atoms with Crippen LogP contribution in [0.4, 0.5) is 5.69 Å². The van der Waals surface area contributed by atoms with Crippen LogP contribution < -0.4 is 4.90 Å². The summed E-state index contributed by atoms with van der Waals surface area (Å²) in [6, 6.07) is 17.1. The molecule has 0 saturated carbocycles. The first-order valence-electron chi connectivity index (χ1n) is 6.96. The van der Waals surface area contributed by atoms with E-state index in [1.807, 2.05) is 54.6 Å². The summed E-state index contributed by atoms with van der Waals surface area (Å²) in [5, 5.41) is 0. The number of fused-ring (bicyclic) bond motifs is 1. The van der Waals surface area contributed by atoms with Gasteiger partial charge in [0.1, 0.15) is 0 Å². The molecule has 0 radical (unpaired) electrons. The molecule has 1 amide bonds. The van der Waals surface area contributed by atoms with Gasteiger partial charge in [0.2, 0.25) is 0 Å². The number of hydrogen-bond acceptors (Lipinski definition) is 3. The van der Waals surface area contributed by atoms with Gasteiger partial charge in [0, 0.05) is 18.8 Å². The van der Waals surface area contributed by atoms with Crippen LogP contribution in [0.15, 0.2) is 66.9 Å². The van der Waals surface area contributed by atoms with E-state index in [2.05, 4.69) is 9.97 Å². The molecule has 0 N–H and O–H groups in total. The van der Waals surface area contributed by atoms with Crippen molar-refractivity contribution in [2.45, 2.75) is 0 Å². The Bertz CT molecular complexity index is 828. The van der Waals surface area contributed by atoms with Crippen molar-refractivity contribution in [3.8, 4) is 0 Å². The summed E-state index contributed by atoms with van der Waals surface area (Å²) >= 11 is 0. The SMILES string of the molecule is CN(C(=O)/C=C/c1cnc2ccccc2n1)c1ccccc1.